The molecular weight excluding hydrogens is 268 g/mol. The van der Waals surface area contributed by atoms with Crippen LogP contribution in [0.2, 0.25) is 0 Å². The second-order valence-electron chi connectivity index (χ2n) is 5.97. The van der Waals surface area contributed by atoms with Crippen molar-refractivity contribution in [2.75, 3.05) is 44.8 Å². The van der Waals surface area contributed by atoms with E-state index in [0.29, 0.717) is 5.92 Å². The fourth-order valence-corrected chi connectivity index (χ4v) is 3.32. The summed E-state index contributed by atoms with van der Waals surface area (Å²) in [6.07, 6.45) is 3.91. The second kappa shape index (κ2) is 6.58. The van der Waals surface area contributed by atoms with Crippen molar-refractivity contribution < 1.29 is 4.74 Å². The van der Waals surface area contributed by atoms with E-state index in [4.69, 9.17) is 9.72 Å². The van der Waals surface area contributed by atoms with Gasteiger partial charge in [-0.25, -0.2) is 4.98 Å². The monoisotopic (exact) mass is 292 g/mol. The number of H-pyrrole nitrogens is 1. The normalized spacial score (nSPS) is 22.7. The van der Waals surface area contributed by atoms with Gasteiger partial charge in [-0.1, -0.05) is 0 Å². The summed E-state index contributed by atoms with van der Waals surface area (Å²) in [5, 5.41) is 3.32. The van der Waals surface area contributed by atoms with Crippen LogP contribution in [0, 0.1) is 5.92 Å². The average Bonchev–Trinajstić information content (AvgIpc) is 2.73. The first kappa shape index (κ1) is 14.5. The van der Waals surface area contributed by atoms with Crippen molar-refractivity contribution in [3.63, 3.8) is 0 Å². The molecule has 0 spiro atoms. The van der Waals surface area contributed by atoms with Crippen LogP contribution in [0.1, 0.15) is 24.1 Å². The summed E-state index contributed by atoms with van der Waals surface area (Å²) in [7, 11) is 1.74. The first-order valence-corrected chi connectivity index (χ1v) is 7.84. The maximum Gasteiger partial charge on any atom is 0.255 e. The molecular formula is C15H24N4O2. The summed E-state index contributed by atoms with van der Waals surface area (Å²) >= 11 is 0. The first-order chi connectivity index (χ1) is 10.3. The van der Waals surface area contributed by atoms with Gasteiger partial charge in [0.15, 0.2) is 0 Å². The molecule has 1 unspecified atom stereocenters. The fraction of sp³-hybridized carbons (Fsp3) is 0.733. The molecule has 1 aromatic heterocycles. The third-order valence-electron chi connectivity index (χ3n) is 4.40. The van der Waals surface area contributed by atoms with Crippen molar-refractivity contribution in [2.45, 2.75) is 25.7 Å². The van der Waals surface area contributed by atoms with Gasteiger partial charge in [0.1, 0.15) is 0 Å². The minimum Gasteiger partial charge on any atom is -0.384 e. The molecule has 0 radical (unpaired) electrons. The van der Waals surface area contributed by atoms with Crippen LogP contribution in [0.4, 0.5) is 5.95 Å². The van der Waals surface area contributed by atoms with E-state index >= 15 is 0 Å². The maximum absolute atomic E-state index is 12.3. The van der Waals surface area contributed by atoms with Gasteiger partial charge in [-0.05, 0) is 31.7 Å². The Hall–Kier alpha value is -1.40. The predicted octanol–water partition coefficient (Wildman–Crippen LogP) is 0.321. The summed E-state index contributed by atoms with van der Waals surface area (Å²) in [5.74, 6) is 1.26. The second-order valence-corrected chi connectivity index (χ2v) is 5.97. The molecule has 0 saturated carbocycles. The van der Waals surface area contributed by atoms with Gasteiger partial charge in [0.2, 0.25) is 5.95 Å². The van der Waals surface area contributed by atoms with Crippen molar-refractivity contribution in [1.82, 2.24) is 15.3 Å². The van der Waals surface area contributed by atoms with Crippen molar-refractivity contribution in [1.29, 1.82) is 0 Å². The molecule has 0 amide bonds. The van der Waals surface area contributed by atoms with Gasteiger partial charge in [-0.2, -0.15) is 0 Å². The van der Waals surface area contributed by atoms with E-state index in [1.807, 2.05) is 0 Å². The molecule has 1 fully saturated rings. The third-order valence-corrected chi connectivity index (χ3v) is 4.40. The lowest BCUT2D eigenvalue weighted by molar-refractivity contribution is 0.143. The van der Waals surface area contributed by atoms with Crippen LogP contribution >= 0.6 is 0 Å². The minimum atomic E-state index is 0.0348. The zero-order chi connectivity index (χ0) is 14.7. The number of aromatic amines is 1. The first-order valence-electron chi connectivity index (χ1n) is 7.84. The highest BCUT2D eigenvalue weighted by Crippen LogP contribution is 2.21. The molecule has 0 aromatic carbocycles. The van der Waals surface area contributed by atoms with Gasteiger partial charge in [0.05, 0.1) is 12.3 Å². The van der Waals surface area contributed by atoms with E-state index in [1.165, 1.54) is 6.42 Å². The van der Waals surface area contributed by atoms with Crippen LogP contribution in [0.3, 0.4) is 0 Å². The third kappa shape index (κ3) is 3.27. The van der Waals surface area contributed by atoms with Crippen molar-refractivity contribution in [3.05, 3.63) is 21.6 Å². The summed E-state index contributed by atoms with van der Waals surface area (Å²) in [6, 6.07) is 0. The Balaban J connectivity index is 1.83. The van der Waals surface area contributed by atoms with Crippen LogP contribution in [-0.2, 0) is 17.6 Å². The number of piperidine rings is 1. The topological polar surface area (TPSA) is 70.2 Å². The molecule has 6 heteroatoms. The van der Waals surface area contributed by atoms with Crippen LogP contribution in [-0.4, -0.2) is 49.9 Å². The molecule has 3 rings (SSSR count). The number of fused-ring (bicyclic) bond motifs is 1. The number of hydrogen-bond donors (Lipinski definition) is 2. The van der Waals surface area contributed by atoms with E-state index in [2.05, 4.69) is 15.2 Å². The van der Waals surface area contributed by atoms with E-state index in [1.54, 1.807) is 7.11 Å². The van der Waals surface area contributed by atoms with Crippen LogP contribution in [0.25, 0.3) is 0 Å². The Kier molecular flexibility index (Phi) is 4.55. The average molecular weight is 292 g/mol. The number of anilines is 1. The number of nitrogens with one attached hydrogen (secondary N) is 2. The predicted molar refractivity (Wildman–Crippen MR) is 81.9 cm³/mol. The van der Waals surface area contributed by atoms with E-state index in [0.717, 1.165) is 69.3 Å². The molecule has 0 aliphatic carbocycles. The Morgan fingerprint density at radius 1 is 1.38 bits per heavy atom. The zero-order valence-electron chi connectivity index (χ0n) is 12.7. The number of nitrogens with zero attached hydrogens (tertiary/aromatic N) is 2. The number of rotatable bonds is 3. The number of ether oxygens (including phenoxy) is 1. The molecule has 1 saturated heterocycles. The lowest BCUT2D eigenvalue weighted by atomic mass is 9.99. The van der Waals surface area contributed by atoms with Gasteiger partial charge in [-0.3, -0.25) is 9.78 Å². The molecule has 3 heterocycles. The van der Waals surface area contributed by atoms with Gasteiger partial charge in [-0.15, -0.1) is 0 Å². The fourth-order valence-electron chi connectivity index (χ4n) is 3.32. The molecule has 116 valence electrons. The standard InChI is InChI=1S/C15H24N4O2/c1-21-10-11-3-2-8-19(9-11)15-17-13-5-7-16-6-4-12(13)14(20)18-15/h11,16H,2-10H2,1H3,(H,17,18,20). The van der Waals surface area contributed by atoms with Crippen molar-refractivity contribution >= 4 is 5.95 Å². The van der Waals surface area contributed by atoms with E-state index in [9.17, 15) is 4.79 Å². The molecule has 1 aromatic rings. The molecule has 2 N–H and O–H groups in total. The van der Waals surface area contributed by atoms with Crippen molar-refractivity contribution in [3.8, 4) is 0 Å². The Labute approximate surface area is 124 Å². The lowest BCUT2D eigenvalue weighted by Crippen LogP contribution is -2.39. The zero-order valence-corrected chi connectivity index (χ0v) is 12.7. The molecule has 2 aliphatic heterocycles. The number of hydrogen-bond acceptors (Lipinski definition) is 5. The number of methoxy groups -OCH3 is 1. The summed E-state index contributed by atoms with van der Waals surface area (Å²) < 4.78 is 5.27. The molecule has 2 aliphatic rings. The lowest BCUT2D eigenvalue weighted by Gasteiger charge is -2.33. The Morgan fingerprint density at radius 3 is 3.10 bits per heavy atom. The quantitative estimate of drug-likeness (QED) is 0.840. The maximum atomic E-state index is 12.3. The smallest absolute Gasteiger partial charge is 0.255 e. The highest BCUT2D eigenvalue weighted by Gasteiger charge is 2.23. The van der Waals surface area contributed by atoms with E-state index in [-0.39, 0.29) is 5.56 Å². The van der Waals surface area contributed by atoms with Gasteiger partial charge in [0, 0.05) is 38.7 Å². The summed E-state index contributed by atoms with van der Waals surface area (Å²) in [4.78, 5) is 22.2. The summed E-state index contributed by atoms with van der Waals surface area (Å²) in [5.41, 5.74) is 1.86. The Bertz CT molecular complexity index is 541. The van der Waals surface area contributed by atoms with Crippen LogP contribution in [0.15, 0.2) is 4.79 Å². The van der Waals surface area contributed by atoms with Crippen molar-refractivity contribution in [2.24, 2.45) is 5.92 Å². The SMILES string of the molecule is COCC1CCCN(c2nc3c(c(=O)[nH]2)CCNCC3)C1. The van der Waals surface area contributed by atoms with Crippen LogP contribution in [0.5, 0.6) is 0 Å². The highest BCUT2D eigenvalue weighted by atomic mass is 16.5. The number of aromatic nitrogens is 2. The molecule has 21 heavy (non-hydrogen) atoms. The molecule has 6 nitrogen and oxygen atoms in total. The largest absolute Gasteiger partial charge is 0.384 e. The molecule has 0 bridgehead atoms. The summed E-state index contributed by atoms with van der Waals surface area (Å²) in [6.45, 7) is 4.40. The minimum absolute atomic E-state index is 0.0348. The van der Waals surface area contributed by atoms with Gasteiger partial charge < -0.3 is 15.0 Å². The van der Waals surface area contributed by atoms with Gasteiger partial charge >= 0.3 is 0 Å². The highest BCUT2D eigenvalue weighted by molar-refractivity contribution is 5.34. The van der Waals surface area contributed by atoms with Gasteiger partial charge in [0.25, 0.3) is 5.56 Å². The molecule has 1 atom stereocenters. The Morgan fingerprint density at radius 2 is 2.24 bits per heavy atom. The van der Waals surface area contributed by atoms with Crippen LogP contribution < -0.4 is 15.8 Å². The van der Waals surface area contributed by atoms with E-state index < -0.39 is 0 Å².